The van der Waals surface area contributed by atoms with Gasteiger partial charge in [0.15, 0.2) is 5.82 Å². The maximum Gasteiger partial charge on any atom is 0.234 e. The van der Waals surface area contributed by atoms with E-state index in [0.29, 0.717) is 70.3 Å². The standard InChI is InChI=1S/C35H33FN6O2/c1-2-21-6-3-7-22-14-25(43)15-26(29(21)22)31-30(36)32-28(17-38-31)33(41-18-23-8-9-24(19-41)39-23)27(16-37)34(40-32)44-20-35-10-4-12-42(35)13-5-11-35/h1,3,6-7,14-15,17,23-24,39,43H,4-5,8-13,18-20H2. The van der Waals surface area contributed by atoms with Crippen molar-refractivity contribution >= 4 is 27.4 Å². The first kappa shape index (κ1) is 27.1. The van der Waals surface area contributed by atoms with Crippen LogP contribution in [-0.4, -0.2) is 70.4 Å². The molecule has 8 rings (SSSR count). The number of piperazine rings is 1. The number of rotatable bonds is 5. The molecule has 4 fully saturated rings. The van der Waals surface area contributed by atoms with E-state index in [1.807, 2.05) is 12.1 Å². The van der Waals surface area contributed by atoms with Gasteiger partial charge in [0.2, 0.25) is 5.88 Å². The van der Waals surface area contributed by atoms with Crippen LogP contribution in [0.25, 0.3) is 32.9 Å². The van der Waals surface area contributed by atoms with Gasteiger partial charge >= 0.3 is 0 Å². The Morgan fingerprint density at radius 2 is 1.93 bits per heavy atom. The van der Waals surface area contributed by atoms with Crippen molar-refractivity contribution < 1.29 is 14.2 Å². The number of ether oxygens (including phenoxy) is 1. The van der Waals surface area contributed by atoms with Crippen molar-refractivity contribution in [1.29, 1.82) is 5.26 Å². The second kappa shape index (κ2) is 10.3. The highest BCUT2D eigenvalue weighted by Crippen LogP contribution is 2.43. The van der Waals surface area contributed by atoms with Crippen LogP contribution in [0.3, 0.4) is 0 Å². The summed E-state index contributed by atoms with van der Waals surface area (Å²) in [6.07, 6.45) is 13.9. The number of benzene rings is 2. The fourth-order valence-electron chi connectivity index (χ4n) is 8.24. The Labute approximate surface area is 255 Å². The average molecular weight is 589 g/mol. The molecule has 2 atom stereocenters. The third-order valence-electron chi connectivity index (χ3n) is 10.2. The zero-order chi connectivity index (χ0) is 30.0. The number of pyridine rings is 2. The van der Waals surface area contributed by atoms with Crippen LogP contribution in [0.1, 0.15) is 49.7 Å². The number of terminal acetylenes is 1. The van der Waals surface area contributed by atoms with E-state index in [9.17, 15) is 10.4 Å². The molecule has 2 aromatic heterocycles. The van der Waals surface area contributed by atoms with Crippen LogP contribution in [0.4, 0.5) is 10.1 Å². The van der Waals surface area contributed by atoms with E-state index in [4.69, 9.17) is 16.1 Å². The number of nitrogens with zero attached hydrogens (tertiary/aromatic N) is 5. The first-order valence-corrected chi connectivity index (χ1v) is 15.5. The number of nitrogens with one attached hydrogen (secondary N) is 1. The largest absolute Gasteiger partial charge is 0.508 e. The molecule has 222 valence electrons. The van der Waals surface area contributed by atoms with Crippen molar-refractivity contribution in [3.8, 4) is 41.3 Å². The van der Waals surface area contributed by atoms with Crippen molar-refractivity contribution in [3.05, 3.63) is 53.5 Å². The van der Waals surface area contributed by atoms with E-state index in [0.717, 1.165) is 51.6 Å². The monoisotopic (exact) mass is 588 g/mol. The molecule has 44 heavy (non-hydrogen) atoms. The normalized spacial score (nSPS) is 22.3. The van der Waals surface area contributed by atoms with Gasteiger partial charge in [-0.25, -0.2) is 9.37 Å². The van der Waals surface area contributed by atoms with Gasteiger partial charge in [0.05, 0.1) is 11.2 Å². The molecule has 2 bridgehead atoms. The number of phenolic OH excluding ortho intramolecular Hbond substituents is 1. The van der Waals surface area contributed by atoms with Crippen molar-refractivity contribution in [3.63, 3.8) is 0 Å². The number of aromatic nitrogens is 2. The van der Waals surface area contributed by atoms with Gasteiger partial charge in [-0.2, -0.15) is 5.26 Å². The number of anilines is 1. The topological polar surface area (TPSA) is 97.5 Å². The number of hydrogen-bond acceptors (Lipinski definition) is 8. The fourth-order valence-corrected chi connectivity index (χ4v) is 8.24. The molecule has 2 N–H and O–H groups in total. The smallest absolute Gasteiger partial charge is 0.234 e. The van der Waals surface area contributed by atoms with Crippen LogP contribution in [0.5, 0.6) is 11.6 Å². The summed E-state index contributed by atoms with van der Waals surface area (Å²) in [5.41, 5.74) is 1.97. The van der Waals surface area contributed by atoms with Crippen LogP contribution in [-0.2, 0) is 0 Å². The van der Waals surface area contributed by atoms with E-state index >= 15 is 4.39 Å². The van der Waals surface area contributed by atoms with Gasteiger partial charge in [0.25, 0.3) is 0 Å². The lowest BCUT2D eigenvalue weighted by Crippen LogP contribution is -2.51. The van der Waals surface area contributed by atoms with E-state index in [1.165, 1.54) is 6.07 Å². The lowest BCUT2D eigenvalue weighted by molar-refractivity contribution is 0.111. The number of aromatic hydroxyl groups is 1. The van der Waals surface area contributed by atoms with Crippen molar-refractivity contribution in [2.45, 2.75) is 56.1 Å². The maximum absolute atomic E-state index is 16.9. The highest BCUT2D eigenvalue weighted by Gasteiger charge is 2.45. The Kier molecular flexibility index (Phi) is 6.37. The lowest BCUT2D eigenvalue weighted by Gasteiger charge is -2.36. The van der Waals surface area contributed by atoms with Gasteiger partial charge < -0.3 is 20.1 Å². The van der Waals surface area contributed by atoms with Gasteiger partial charge in [0, 0.05) is 53.3 Å². The second-order valence-corrected chi connectivity index (χ2v) is 12.7. The Hall–Kier alpha value is -4.44. The third-order valence-corrected chi connectivity index (χ3v) is 10.2. The molecule has 0 aliphatic carbocycles. The molecule has 0 spiro atoms. The van der Waals surface area contributed by atoms with E-state index in [1.54, 1.807) is 18.3 Å². The van der Waals surface area contributed by atoms with Crippen LogP contribution in [0.15, 0.2) is 36.5 Å². The van der Waals surface area contributed by atoms with Crippen LogP contribution >= 0.6 is 0 Å². The third kappa shape index (κ3) is 4.18. The Balaban J connectivity index is 1.32. The van der Waals surface area contributed by atoms with Gasteiger partial charge in [0.1, 0.15) is 35.2 Å². The van der Waals surface area contributed by atoms with Gasteiger partial charge in [-0.05, 0) is 75.2 Å². The average Bonchev–Trinajstić information content (AvgIpc) is 3.72. The molecule has 2 unspecified atom stereocenters. The summed E-state index contributed by atoms with van der Waals surface area (Å²) in [5, 5.41) is 26.5. The fraction of sp³-hybridized carbons (Fsp3) is 0.400. The van der Waals surface area contributed by atoms with Gasteiger partial charge in [-0.1, -0.05) is 18.1 Å². The molecular weight excluding hydrogens is 555 g/mol. The maximum atomic E-state index is 16.9. The molecule has 4 aliphatic heterocycles. The summed E-state index contributed by atoms with van der Waals surface area (Å²) in [6.45, 7) is 3.92. The quantitative estimate of drug-likeness (QED) is 0.311. The van der Waals surface area contributed by atoms with E-state index < -0.39 is 5.82 Å². The summed E-state index contributed by atoms with van der Waals surface area (Å²) in [4.78, 5) is 14.0. The zero-order valence-electron chi connectivity index (χ0n) is 24.4. The molecule has 4 aliphatic rings. The number of fused-ring (bicyclic) bond motifs is 5. The lowest BCUT2D eigenvalue weighted by atomic mass is 9.95. The second-order valence-electron chi connectivity index (χ2n) is 12.7. The highest BCUT2D eigenvalue weighted by atomic mass is 19.1. The SMILES string of the molecule is C#Cc1cccc2cc(O)cc(-c3ncc4c(N5CC6CCC(C5)N6)c(C#N)c(OCC56CCCN5CCC6)nc4c3F)c12. The number of halogens is 1. The van der Waals surface area contributed by atoms with E-state index in [2.05, 4.69) is 32.1 Å². The summed E-state index contributed by atoms with van der Waals surface area (Å²) in [7, 11) is 0. The summed E-state index contributed by atoms with van der Waals surface area (Å²) >= 11 is 0. The van der Waals surface area contributed by atoms with Gasteiger partial charge in [-0.3, -0.25) is 9.88 Å². The molecular formula is C35H33FN6O2. The minimum absolute atomic E-state index is 0.0197. The molecule has 4 aromatic rings. The van der Waals surface area contributed by atoms with Crippen LogP contribution in [0, 0.1) is 29.5 Å². The molecule has 0 radical (unpaired) electrons. The Morgan fingerprint density at radius 3 is 2.66 bits per heavy atom. The van der Waals surface area contributed by atoms with Crippen LogP contribution in [0.2, 0.25) is 0 Å². The summed E-state index contributed by atoms with van der Waals surface area (Å²) < 4.78 is 23.4. The first-order valence-electron chi connectivity index (χ1n) is 15.5. The Morgan fingerprint density at radius 1 is 1.16 bits per heavy atom. The number of hydrogen-bond donors (Lipinski definition) is 2. The van der Waals surface area contributed by atoms with Crippen LogP contribution < -0.4 is 15.0 Å². The zero-order valence-corrected chi connectivity index (χ0v) is 24.4. The molecule has 0 saturated carbocycles. The van der Waals surface area contributed by atoms with Crippen molar-refractivity contribution in [2.75, 3.05) is 37.7 Å². The van der Waals surface area contributed by atoms with E-state index in [-0.39, 0.29) is 28.4 Å². The first-order chi connectivity index (χ1) is 21.5. The summed E-state index contributed by atoms with van der Waals surface area (Å²) in [6, 6.07) is 11.5. The van der Waals surface area contributed by atoms with Crippen molar-refractivity contribution in [2.24, 2.45) is 0 Å². The highest BCUT2D eigenvalue weighted by molar-refractivity contribution is 6.03. The van der Waals surface area contributed by atoms with Crippen molar-refractivity contribution in [1.82, 2.24) is 20.2 Å². The molecule has 9 heteroatoms. The Bertz CT molecular complexity index is 1890. The number of phenols is 1. The molecule has 0 amide bonds. The summed E-state index contributed by atoms with van der Waals surface area (Å²) in [5.74, 6) is 2.19. The molecule has 4 saturated heterocycles. The minimum Gasteiger partial charge on any atom is -0.508 e. The predicted molar refractivity (Wildman–Crippen MR) is 167 cm³/mol. The number of nitriles is 1. The minimum atomic E-state index is -0.642. The molecule has 8 nitrogen and oxygen atoms in total. The predicted octanol–water partition coefficient (Wildman–Crippen LogP) is 5.10. The van der Waals surface area contributed by atoms with Gasteiger partial charge in [-0.15, -0.1) is 6.42 Å². The molecule has 2 aromatic carbocycles. The molecule has 6 heterocycles.